The minimum Gasteiger partial charge on any atom is -0.384 e. The number of benzene rings is 1. The number of halogens is 1. The lowest BCUT2D eigenvalue weighted by Crippen LogP contribution is -2.28. The molecule has 1 aromatic heterocycles. The molecule has 0 saturated carbocycles. The molecule has 1 atom stereocenters. The van der Waals surface area contributed by atoms with Crippen molar-refractivity contribution in [1.29, 1.82) is 0 Å². The highest BCUT2D eigenvalue weighted by Crippen LogP contribution is 2.23. The second-order valence-electron chi connectivity index (χ2n) is 5.00. The van der Waals surface area contributed by atoms with E-state index >= 15 is 0 Å². The maximum absolute atomic E-state index is 11.7. The Morgan fingerprint density at radius 1 is 1.50 bits per heavy atom. The highest BCUT2D eigenvalue weighted by molar-refractivity contribution is 9.10. The van der Waals surface area contributed by atoms with Gasteiger partial charge in [0.05, 0.1) is 6.20 Å². The van der Waals surface area contributed by atoms with Crippen LogP contribution in [-0.2, 0) is 10.4 Å². The first-order chi connectivity index (χ1) is 9.29. The van der Waals surface area contributed by atoms with Gasteiger partial charge in [-0.15, -0.1) is 5.10 Å². The van der Waals surface area contributed by atoms with E-state index in [4.69, 9.17) is 5.73 Å². The SMILES string of the molecule is CC(C)(O)c1cn(C(C(N)=O)c2cccc(Br)c2)nn1. The van der Waals surface area contributed by atoms with E-state index in [0.717, 1.165) is 4.47 Å². The summed E-state index contributed by atoms with van der Waals surface area (Å²) >= 11 is 3.35. The van der Waals surface area contributed by atoms with E-state index in [1.165, 1.54) is 10.9 Å². The van der Waals surface area contributed by atoms with Gasteiger partial charge in [-0.25, -0.2) is 4.68 Å². The molecule has 1 unspecified atom stereocenters. The molecule has 0 fully saturated rings. The lowest BCUT2D eigenvalue weighted by atomic mass is 10.1. The average molecular weight is 339 g/mol. The fourth-order valence-electron chi connectivity index (χ4n) is 1.81. The van der Waals surface area contributed by atoms with E-state index in [1.807, 2.05) is 12.1 Å². The molecule has 0 aliphatic rings. The quantitative estimate of drug-likeness (QED) is 0.879. The van der Waals surface area contributed by atoms with Crippen molar-refractivity contribution < 1.29 is 9.90 Å². The smallest absolute Gasteiger partial charge is 0.246 e. The van der Waals surface area contributed by atoms with E-state index in [9.17, 15) is 9.90 Å². The van der Waals surface area contributed by atoms with Crippen LogP contribution in [-0.4, -0.2) is 26.0 Å². The fourth-order valence-corrected chi connectivity index (χ4v) is 2.22. The fraction of sp³-hybridized carbons (Fsp3) is 0.308. The second kappa shape index (κ2) is 5.34. The summed E-state index contributed by atoms with van der Waals surface area (Å²) in [6.07, 6.45) is 1.52. The van der Waals surface area contributed by atoms with Crippen molar-refractivity contribution >= 4 is 21.8 Å². The Bertz CT molecular complexity index is 633. The summed E-state index contributed by atoms with van der Waals surface area (Å²) < 4.78 is 2.20. The molecular weight excluding hydrogens is 324 g/mol. The van der Waals surface area contributed by atoms with Crippen LogP contribution in [0.15, 0.2) is 34.9 Å². The third kappa shape index (κ3) is 3.05. The minimum atomic E-state index is -1.13. The van der Waals surface area contributed by atoms with Crippen molar-refractivity contribution in [2.24, 2.45) is 5.73 Å². The molecule has 1 aromatic carbocycles. The van der Waals surface area contributed by atoms with Gasteiger partial charge in [-0.2, -0.15) is 0 Å². The van der Waals surface area contributed by atoms with Gasteiger partial charge in [-0.05, 0) is 31.5 Å². The molecule has 0 aliphatic carbocycles. The molecule has 0 aliphatic heterocycles. The van der Waals surface area contributed by atoms with E-state index in [1.54, 1.807) is 26.0 Å². The summed E-state index contributed by atoms with van der Waals surface area (Å²) in [6, 6.07) is 6.47. The van der Waals surface area contributed by atoms with Gasteiger partial charge in [0, 0.05) is 4.47 Å². The van der Waals surface area contributed by atoms with Crippen molar-refractivity contribution in [2.75, 3.05) is 0 Å². The number of aromatic nitrogens is 3. The summed E-state index contributed by atoms with van der Waals surface area (Å²) in [5, 5.41) is 17.7. The van der Waals surface area contributed by atoms with Crippen LogP contribution in [0.3, 0.4) is 0 Å². The minimum absolute atomic E-state index is 0.374. The van der Waals surface area contributed by atoms with Gasteiger partial charge in [0.2, 0.25) is 5.91 Å². The Morgan fingerprint density at radius 3 is 2.70 bits per heavy atom. The Labute approximate surface area is 124 Å². The van der Waals surface area contributed by atoms with Crippen molar-refractivity contribution in [3.05, 3.63) is 46.2 Å². The van der Waals surface area contributed by atoms with Crippen molar-refractivity contribution in [3.63, 3.8) is 0 Å². The molecule has 0 saturated heterocycles. The molecule has 106 valence electrons. The lowest BCUT2D eigenvalue weighted by Gasteiger charge is -2.15. The van der Waals surface area contributed by atoms with Crippen molar-refractivity contribution in [2.45, 2.75) is 25.5 Å². The first-order valence-electron chi connectivity index (χ1n) is 5.98. The molecule has 2 aromatic rings. The Balaban J connectivity index is 2.44. The number of nitrogens with two attached hydrogens (primary N) is 1. The third-order valence-electron chi connectivity index (χ3n) is 2.84. The van der Waals surface area contributed by atoms with Crippen molar-refractivity contribution in [3.8, 4) is 0 Å². The topological polar surface area (TPSA) is 94.0 Å². The number of carbonyl (C=O) groups excluding carboxylic acids is 1. The molecule has 1 amide bonds. The predicted octanol–water partition coefficient (Wildman–Crippen LogP) is 1.34. The van der Waals surface area contributed by atoms with E-state index in [-0.39, 0.29) is 0 Å². The van der Waals surface area contributed by atoms with Crippen LogP contribution < -0.4 is 5.73 Å². The standard InChI is InChI=1S/C13H15BrN4O2/c1-13(2,20)10-7-18(17-16-10)11(12(15)19)8-4-3-5-9(14)6-8/h3-7,11,20H,1-2H3,(H2,15,19). The second-order valence-corrected chi connectivity index (χ2v) is 5.92. The normalized spacial score (nSPS) is 13.2. The molecule has 0 spiro atoms. The number of nitrogens with zero attached hydrogens (tertiary/aromatic N) is 3. The average Bonchev–Trinajstić information content (AvgIpc) is 2.77. The lowest BCUT2D eigenvalue weighted by molar-refractivity contribution is -0.120. The van der Waals surface area contributed by atoms with Crippen LogP contribution in [0.5, 0.6) is 0 Å². The number of rotatable bonds is 4. The number of hydrogen-bond donors (Lipinski definition) is 2. The first-order valence-corrected chi connectivity index (χ1v) is 6.78. The first kappa shape index (κ1) is 14.7. The van der Waals surface area contributed by atoms with Gasteiger partial charge >= 0.3 is 0 Å². The third-order valence-corrected chi connectivity index (χ3v) is 3.33. The van der Waals surface area contributed by atoms with Crippen LogP contribution >= 0.6 is 15.9 Å². The molecule has 20 heavy (non-hydrogen) atoms. The molecule has 0 radical (unpaired) electrons. The number of carbonyl (C=O) groups is 1. The number of amides is 1. The summed E-state index contributed by atoms with van der Waals surface area (Å²) in [4.78, 5) is 11.7. The van der Waals surface area contributed by atoms with Gasteiger partial charge in [0.25, 0.3) is 0 Å². The zero-order chi connectivity index (χ0) is 14.9. The maximum atomic E-state index is 11.7. The van der Waals surface area contributed by atoms with Crippen LogP contribution in [0.2, 0.25) is 0 Å². The van der Waals surface area contributed by atoms with Crippen molar-refractivity contribution in [1.82, 2.24) is 15.0 Å². The van der Waals surface area contributed by atoms with Gasteiger partial charge in [-0.3, -0.25) is 4.79 Å². The molecule has 3 N–H and O–H groups in total. The summed E-state index contributed by atoms with van der Waals surface area (Å²) in [5.74, 6) is -0.546. The number of aliphatic hydroxyl groups is 1. The Kier molecular flexibility index (Phi) is 3.92. The van der Waals surface area contributed by atoms with Crippen LogP contribution in [0.25, 0.3) is 0 Å². The maximum Gasteiger partial charge on any atom is 0.246 e. The zero-order valence-corrected chi connectivity index (χ0v) is 12.7. The largest absolute Gasteiger partial charge is 0.384 e. The molecule has 2 rings (SSSR count). The molecule has 1 heterocycles. The highest BCUT2D eigenvalue weighted by atomic mass is 79.9. The summed E-state index contributed by atoms with van der Waals surface area (Å²) in [6.45, 7) is 3.19. The Morgan fingerprint density at radius 2 is 2.20 bits per heavy atom. The number of primary amides is 1. The van der Waals surface area contributed by atoms with Crippen LogP contribution in [0, 0.1) is 0 Å². The molecule has 6 nitrogen and oxygen atoms in total. The monoisotopic (exact) mass is 338 g/mol. The van der Waals surface area contributed by atoms with E-state index in [0.29, 0.717) is 11.3 Å². The number of hydrogen-bond acceptors (Lipinski definition) is 4. The molecule has 7 heteroatoms. The van der Waals surface area contributed by atoms with Crippen LogP contribution in [0.1, 0.15) is 31.1 Å². The summed E-state index contributed by atoms with van der Waals surface area (Å²) in [7, 11) is 0. The van der Waals surface area contributed by atoms with E-state index < -0.39 is 17.6 Å². The van der Waals surface area contributed by atoms with E-state index in [2.05, 4.69) is 26.2 Å². The summed E-state index contributed by atoms with van der Waals surface area (Å²) in [5.41, 5.74) is 5.40. The molecule has 0 bridgehead atoms. The van der Waals surface area contributed by atoms with Gasteiger partial charge < -0.3 is 10.8 Å². The Hall–Kier alpha value is -1.73. The van der Waals surface area contributed by atoms with Gasteiger partial charge in [-0.1, -0.05) is 33.3 Å². The predicted molar refractivity (Wildman–Crippen MR) is 76.7 cm³/mol. The highest BCUT2D eigenvalue weighted by Gasteiger charge is 2.26. The van der Waals surface area contributed by atoms with Gasteiger partial charge in [0.15, 0.2) is 6.04 Å². The van der Waals surface area contributed by atoms with Crippen LogP contribution in [0.4, 0.5) is 0 Å². The van der Waals surface area contributed by atoms with Gasteiger partial charge in [0.1, 0.15) is 11.3 Å². The zero-order valence-electron chi connectivity index (χ0n) is 11.1. The molecular formula is C13H15BrN4O2.